The summed E-state index contributed by atoms with van der Waals surface area (Å²) in [5.41, 5.74) is 6.13. The number of carbonyl (C=O) groups is 1. The van der Waals surface area contributed by atoms with Crippen LogP contribution in [0.25, 0.3) is 11.1 Å². The zero-order chi connectivity index (χ0) is 31.5. The van der Waals surface area contributed by atoms with Gasteiger partial charge in [0.25, 0.3) is 0 Å². The molecule has 43 heavy (non-hydrogen) atoms. The van der Waals surface area contributed by atoms with Crippen LogP contribution in [0.4, 0.5) is 38.1 Å². The number of urea groups is 1. The number of nitrogen functional groups attached to an aromatic ring is 1. The highest BCUT2D eigenvalue weighted by molar-refractivity contribution is 7.90. The number of hydrogen-bond donors (Lipinski definition) is 4. The lowest BCUT2D eigenvalue weighted by atomic mass is 10.0. The van der Waals surface area contributed by atoms with E-state index in [1.165, 1.54) is 60.7 Å². The zero-order valence-corrected chi connectivity index (χ0v) is 23.2. The molecule has 0 aliphatic heterocycles. The van der Waals surface area contributed by atoms with E-state index in [1.54, 1.807) is 0 Å². The van der Waals surface area contributed by atoms with Crippen LogP contribution in [0.15, 0.2) is 89.8 Å². The number of alkyl halides is 3. The minimum absolute atomic E-state index is 0.0260. The Labute approximate surface area is 243 Å². The molecule has 0 radical (unpaired) electrons. The molecule has 4 aromatic rings. The van der Waals surface area contributed by atoms with Crippen LogP contribution in [0.5, 0.6) is 0 Å². The van der Waals surface area contributed by atoms with Crippen LogP contribution in [0.1, 0.15) is 16.7 Å². The molecule has 2 amide bonds. The Morgan fingerprint density at radius 2 is 1.56 bits per heavy atom. The molecule has 0 bridgehead atoms. The van der Waals surface area contributed by atoms with Crippen LogP contribution < -0.4 is 16.5 Å². The van der Waals surface area contributed by atoms with Gasteiger partial charge >= 0.3 is 12.2 Å². The molecule has 4 rings (SSSR count). The topological polar surface area (TPSA) is 128 Å². The summed E-state index contributed by atoms with van der Waals surface area (Å²) in [6.45, 7) is -0.700. The van der Waals surface area contributed by atoms with Crippen molar-refractivity contribution >= 4 is 33.1 Å². The van der Waals surface area contributed by atoms with Crippen molar-refractivity contribution in [3.05, 3.63) is 113 Å². The Kier molecular flexibility index (Phi) is 8.71. The summed E-state index contributed by atoms with van der Waals surface area (Å²) in [5, 5.41) is 10.3. The first-order valence-corrected chi connectivity index (χ1v) is 14.3. The second kappa shape index (κ2) is 12.1. The van der Waals surface area contributed by atoms with E-state index < -0.39 is 51.5 Å². The lowest BCUT2D eigenvalue weighted by Gasteiger charge is -2.26. The van der Waals surface area contributed by atoms with E-state index in [2.05, 4.69) is 5.43 Å². The van der Waals surface area contributed by atoms with Gasteiger partial charge < -0.3 is 11.1 Å². The van der Waals surface area contributed by atoms with E-state index in [0.29, 0.717) is 5.01 Å². The molecule has 0 aliphatic rings. The third-order valence-corrected chi connectivity index (χ3v) is 7.36. The van der Waals surface area contributed by atoms with Gasteiger partial charge in [0.2, 0.25) is 0 Å². The van der Waals surface area contributed by atoms with Crippen molar-refractivity contribution in [2.45, 2.75) is 17.6 Å². The van der Waals surface area contributed by atoms with Gasteiger partial charge in [0, 0.05) is 17.4 Å². The summed E-state index contributed by atoms with van der Waals surface area (Å²) in [6, 6.07) is 16.3. The monoisotopic (exact) mass is 617 g/mol. The van der Waals surface area contributed by atoms with Crippen molar-refractivity contribution < 1.29 is 35.2 Å². The normalized spacial score (nSPS) is 11.6. The number of nitrogens with zero attached hydrogens (tertiary/aromatic N) is 1. The number of amidine groups is 1. The van der Waals surface area contributed by atoms with E-state index in [-0.39, 0.29) is 38.7 Å². The number of amides is 2. The predicted octanol–water partition coefficient (Wildman–Crippen LogP) is 6.40. The lowest BCUT2D eigenvalue weighted by Crippen LogP contribution is -2.40. The number of hydrogen-bond acceptors (Lipinski definition) is 5. The minimum atomic E-state index is -4.76. The van der Waals surface area contributed by atoms with Crippen molar-refractivity contribution in [1.29, 1.82) is 5.41 Å². The molecule has 0 aromatic heterocycles. The number of nitrogens with one attached hydrogen (secondary N) is 3. The van der Waals surface area contributed by atoms with E-state index in [9.17, 15) is 26.4 Å². The third-order valence-electron chi connectivity index (χ3n) is 6.21. The summed E-state index contributed by atoms with van der Waals surface area (Å²) >= 11 is 0. The standard InChI is InChI=1S/C29H24F5N5O3S/c1-43(41,42)25-12-5-3-10-21(25)19-14-23(30)26(24(31)15-19)37-28(40)39(38-20-9-6-8-17(13-20)27(35)36)16-18-7-2-4-11-22(18)29(32,33)34/h2-15,38H,16H2,1H3,(H3,35,36)(H,37,40). The number of carbonyl (C=O) groups excluding carboxylic acids is 1. The fraction of sp³-hybridized carbons (Fsp3) is 0.103. The quantitative estimate of drug-likeness (QED) is 0.0788. The Morgan fingerprint density at radius 1 is 0.930 bits per heavy atom. The van der Waals surface area contributed by atoms with Gasteiger partial charge in [-0.15, -0.1) is 0 Å². The molecule has 224 valence electrons. The summed E-state index contributed by atoms with van der Waals surface area (Å²) in [5.74, 6) is -2.84. The van der Waals surface area contributed by atoms with Crippen molar-refractivity contribution in [1.82, 2.24) is 5.01 Å². The maximum atomic E-state index is 15.2. The molecule has 4 aromatic carbocycles. The first-order chi connectivity index (χ1) is 20.1. The minimum Gasteiger partial charge on any atom is -0.384 e. The average molecular weight is 618 g/mol. The molecule has 5 N–H and O–H groups in total. The molecule has 8 nitrogen and oxygen atoms in total. The second-order valence-electron chi connectivity index (χ2n) is 9.36. The highest BCUT2D eigenvalue weighted by Gasteiger charge is 2.34. The Balaban J connectivity index is 1.71. The Hall–Kier alpha value is -4.98. The molecule has 0 aliphatic carbocycles. The maximum Gasteiger partial charge on any atom is 0.416 e. The van der Waals surface area contributed by atoms with Gasteiger partial charge in [0.1, 0.15) is 23.2 Å². The van der Waals surface area contributed by atoms with E-state index >= 15 is 8.78 Å². The fourth-order valence-electron chi connectivity index (χ4n) is 4.23. The van der Waals surface area contributed by atoms with Crippen molar-refractivity contribution in [2.24, 2.45) is 5.73 Å². The molecule has 0 spiro atoms. The SMILES string of the molecule is CS(=O)(=O)c1ccccc1-c1cc(F)c(NC(=O)N(Cc2ccccc2C(F)(F)F)Nc2cccc(C(=N)N)c2)c(F)c1. The number of benzene rings is 4. The van der Waals surface area contributed by atoms with Gasteiger partial charge in [0.05, 0.1) is 22.7 Å². The highest BCUT2D eigenvalue weighted by Crippen LogP contribution is 2.34. The first-order valence-electron chi connectivity index (χ1n) is 12.4. The molecule has 0 heterocycles. The summed E-state index contributed by atoms with van der Waals surface area (Å²) in [4.78, 5) is 13.2. The van der Waals surface area contributed by atoms with Crippen molar-refractivity contribution in [2.75, 3.05) is 17.0 Å². The molecule has 14 heteroatoms. The van der Waals surface area contributed by atoms with Gasteiger partial charge in [-0.3, -0.25) is 10.8 Å². The van der Waals surface area contributed by atoms with Crippen molar-refractivity contribution in [3.63, 3.8) is 0 Å². The van der Waals surface area contributed by atoms with Gasteiger partial charge in [-0.1, -0.05) is 48.5 Å². The number of anilines is 2. The number of nitrogens with two attached hydrogens (primary N) is 1. The van der Waals surface area contributed by atoms with Crippen LogP contribution in [0.3, 0.4) is 0 Å². The largest absolute Gasteiger partial charge is 0.416 e. The highest BCUT2D eigenvalue weighted by atomic mass is 32.2. The summed E-state index contributed by atoms with van der Waals surface area (Å²) < 4.78 is 95.9. The van der Waals surface area contributed by atoms with E-state index in [0.717, 1.165) is 30.5 Å². The lowest BCUT2D eigenvalue weighted by molar-refractivity contribution is -0.138. The summed E-state index contributed by atoms with van der Waals surface area (Å²) in [6.07, 6.45) is -3.82. The third kappa shape index (κ3) is 7.27. The predicted molar refractivity (Wildman–Crippen MR) is 152 cm³/mol. The molecular formula is C29H24F5N5O3S. The van der Waals surface area contributed by atoms with Gasteiger partial charge in [-0.2, -0.15) is 13.2 Å². The van der Waals surface area contributed by atoms with Crippen LogP contribution in [0, 0.1) is 17.0 Å². The second-order valence-corrected chi connectivity index (χ2v) is 11.3. The van der Waals surface area contributed by atoms with Crippen molar-refractivity contribution in [3.8, 4) is 11.1 Å². The average Bonchev–Trinajstić information content (AvgIpc) is 2.94. The smallest absolute Gasteiger partial charge is 0.384 e. The summed E-state index contributed by atoms with van der Waals surface area (Å²) in [7, 11) is -3.76. The van der Waals surface area contributed by atoms with E-state index in [4.69, 9.17) is 11.1 Å². The zero-order valence-electron chi connectivity index (χ0n) is 22.3. The number of hydrazine groups is 1. The molecule has 0 saturated heterocycles. The Morgan fingerprint density at radius 3 is 2.19 bits per heavy atom. The van der Waals surface area contributed by atoms with Crippen LogP contribution in [-0.2, 0) is 22.6 Å². The number of sulfone groups is 1. The number of rotatable bonds is 8. The molecule has 0 atom stereocenters. The fourth-order valence-corrected chi connectivity index (χ4v) is 5.14. The van der Waals surface area contributed by atoms with Gasteiger partial charge in [-0.25, -0.2) is 27.0 Å². The van der Waals surface area contributed by atoms with Crippen LogP contribution >= 0.6 is 0 Å². The molecule has 0 saturated carbocycles. The molecular weight excluding hydrogens is 593 g/mol. The van der Waals surface area contributed by atoms with Crippen LogP contribution in [-0.4, -0.2) is 31.5 Å². The van der Waals surface area contributed by atoms with Gasteiger partial charge in [0.15, 0.2) is 9.84 Å². The van der Waals surface area contributed by atoms with Gasteiger partial charge in [-0.05, 0) is 47.5 Å². The Bertz CT molecular complexity index is 1790. The maximum absolute atomic E-state index is 15.2. The van der Waals surface area contributed by atoms with E-state index in [1.807, 2.05) is 5.32 Å². The molecule has 0 fully saturated rings. The first kappa shape index (κ1) is 31.0. The molecule has 0 unspecified atom stereocenters. The van der Waals surface area contributed by atoms with Crippen LogP contribution in [0.2, 0.25) is 0 Å². The number of halogens is 5.